The van der Waals surface area contributed by atoms with Crippen molar-refractivity contribution in [1.82, 2.24) is 59.8 Å². The Morgan fingerprint density at radius 2 is 0.673 bits per heavy atom. The summed E-state index contributed by atoms with van der Waals surface area (Å²) >= 11 is 0. The number of hydrogen-bond acceptors (Lipinski definition) is 27. The number of esters is 3. The summed E-state index contributed by atoms with van der Waals surface area (Å²) in [4.78, 5) is 185. The second-order valence-electron chi connectivity index (χ2n) is 44.7. The predicted molar refractivity (Wildman–Crippen MR) is 553 cm³/mol. The summed E-state index contributed by atoms with van der Waals surface area (Å²) < 4.78 is 119. The third kappa shape index (κ3) is 24.3. The Morgan fingerprint density at radius 1 is 0.380 bits per heavy atom. The lowest BCUT2D eigenvalue weighted by atomic mass is 9.77. The predicted octanol–water partition coefficient (Wildman–Crippen LogP) is 11.6. The highest BCUT2D eigenvalue weighted by atomic mass is 32.2. The molecule has 15 aliphatic rings. The number of aromatic nitrogens is 3. The lowest BCUT2D eigenvalue weighted by Crippen LogP contribution is -2.57. The zero-order valence-corrected chi connectivity index (χ0v) is 88.2. The third-order valence-electron chi connectivity index (χ3n) is 34.2. The highest BCUT2D eigenvalue weighted by Gasteiger charge is 2.66. The zero-order chi connectivity index (χ0) is 105. The maximum absolute atomic E-state index is 14.7. The first-order chi connectivity index (χ1) is 72.2. The summed E-state index contributed by atoms with van der Waals surface area (Å²) in [6.07, 6.45) is 30.7. The lowest BCUT2D eigenvalue weighted by molar-refractivity contribution is -0.152. The number of hydrogen-bond donors (Lipinski definition) is 6. The first kappa shape index (κ1) is 107. The van der Waals surface area contributed by atoms with E-state index in [1.54, 1.807) is 18.6 Å². The van der Waals surface area contributed by atoms with E-state index in [0.717, 1.165) is 197 Å². The number of fused-ring (bicyclic) bond motifs is 9. The molecule has 12 fully saturated rings. The number of nitrogens with one attached hydrogen (secondary N) is 6. The maximum atomic E-state index is 14.7. The molecule has 9 saturated carbocycles. The monoisotopic (exact) mass is 2120 g/mol. The summed E-state index contributed by atoms with van der Waals surface area (Å²) in [6, 6.07) is 21.3. The van der Waals surface area contributed by atoms with E-state index in [1.807, 2.05) is 50.2 Å². The zero-order valence-electron chi connectivity index (χ0n) is 85.8. The number of aryl methyl sites for hydroxylation is 3. The van der Waals surface area contributed by atoms with E-state index < -0.39 is 176 Å². The van der Waals surface area contributed by atoms with Crippen molar-refractivity contribution < 1.29 is 111 Å². The van der Waals surface area contributed by atoms with Gasteiger partial charge in [-0.25, -0.2) is 40.2 Å². The van der Waals surface area contributed by atoms with Crippen LogP contribution < -0.4 is 44.3 Å². The van der Waals surface area contributed by atoms with E-state index >= 15 is 0 Å². The van der Waals surface area contributed by atoms with E-state index in [1.165, 1.54) is 20.8 Å². The molecule has 15 atom stereocenters. The molecule has 808 valence electrons. The van der Waals surface area contributed by atoms with E-state index in [-0.39, 0.29) is 125 Å². The molecule has 6 aliphatic heterocycles. The first-order valence-electron chi connectivity index (χ1n) is 55.0. The van der Waals surface area contributed by atoms with Crippen molar-refractivity contribution in [1.29, 1.82) is 0 Å². The molecular formula is C111H142N12O24S3. The fraction of sp³-hybridized carbons (Fsp3) is 0.631. The molecule has 9 amide bonds. The Balaban J connectivity index is 0.000000141. The molecule has 36 nitrogen and oxygen atoms in total. The van der Waals surface area contributed by atoms with Crippen LogP contribution in [0.3, 0.4) is 0 Å². The highest BCUT2D eigenvalue weighted by Crippen LogP contribution is 2.52. The summed E-state index contributed by atoms with van der Waals surface area (Å²) in [5.74, 6) is -7.82. The Morgan fingerprint density at radius 3 is 0.973 bits per heavy atom. The highest BCUT2D eigenvalue weighted by molar-refractivity contribution is 7.91. The third-order valence-corrected chi connectivity index (χ3v) is 39.7. The van der Waals surface area contributed by atoms with Gasteiger partial charge in [-0.15, -0.1) is 6.58 Å². The number of cyclic esters (lactones) is 3. The standard InChI is InChI=1S/C37H48N4O8S.C37H46N4O8S.C37H48N4O8S/c2*1-2-26-21-37(26,36(45)40-50(46,47)28-13-14-28)39-33(43)31-19-27-22-41(31)35(44)30(24-9-5-6-10-24)20-32(42)48-17-7-3-4-8-23-11-12-25-15-16-38-34(49-27)29(25)18-23;1-2-26-21-37(26,36(45)40-50(46,47)28-13-14-28)39-33(43)31-19-27-22-41(31)35(44)30(24-9-4-3-5-10-24)20-32(42)48-17-7-6-8-23-11-12-25-15-16-38-34(49-27)29(25)18-23/h11-12,15-16,18,24,26-28,30-31H,2-10,13-14,17,19-22H2,1H3,(H,39,43)(H,40,45);2,11-12,15-16,18,24,26-28,30-31H,1,3-10,13-14,17,19-22H2,(H,39,43)(H,40,45);11-12,15-16,18,24,26-28,30-31H,2-10,13-14,17,19-22H2,1H3,(H,39,43)(H,40,45)/t3*26-,27-,30+,31+,37-/m111/s1. The van der Waals surface area contributed by atoms with Crippen LogP contribution in [-0.4, -0.2) is 234 Å². The van der Waals surface area contributed by atoms with Crippen molar-refractivity contribution in [3.8, 4) is 17.6 Å². The van der Waals surface area contributed by atoms with Crippen LogP contribution in [0.4, 0.5) is 0 Å². The van der Waals surface area contributed by atoms with E-state index in [9.17, 15) is 82.8 Å². The van der Waals surface area contributed by atoms with Gasteiger partial charge in [0.1, 0.15) is 53.1 Å². The first-order valence-corrected chi connectivity index (χ1v) is 59.7. The minimum absolute atomic E-state index is 0.0138. The summed E-state index contributed by atoms with van der Waals surface area (Å²) in [6.45, 7) is 8.69. The van der Waals surface area contributed by atoms with Gasteiger partial charge in [0.25, 0.3) is 17.7 Å². The number of pyridine rings is 3. The van der Waals surface area contributed by atoms with Crippen molar-refractivity contribution >= 4 is 133 Å². The van der Waals surface area contributed by atoms with E-state index in [4.69, 9.17) is 28.4 Å². The van der Waals surface area contributed by atoms with Gasteiger partial charge in [-0.05, 0) is 266 Å². The second-order valence-corrected chi connectivity index (χ2v) is 50.6. The average Bonchev–Trinajstić information content (AvgIpc) is 1.58. The SMILES string of the molecule is C=C[C@@H]1C[C@]1(NC(=O)[C@@H]1C[C@@H]2CN1C(=O)[C@H](C1CCCC1)CC(=O)OCCCCCc1ccc3ccnc(c3c1)O2)C(=O)NS(=O)(=O)C1CC1.CC[C@@H]1C[C@]1(NC(=O)[C@@H]1C[C@@H]2CN1C(=O)[C@H](C1CCCC1)CC(=O)OCCCCCc1ccc3ccnc(c3c1)O2)C(=O)NS(=O)(=O)C1CC1.CC[C@@H]1C[C@]1(NC(=O)[C@@H]1C[C@@H]2CN1C(=O)[C@H](C1CCCCC1)CC(=O)OCCCCc1ccc3ccnc(c3c1)O2)C(=O)NS(=O)(=O)C1CC1. The van der Waals surface area contributed by atoms with Gasteiger partial charge in [0.2, 0.25) is 83.2 Å². The van der Waals surface area contributed by atoms with Crippen LogP contribution in [0, 0.1) is 53.3 Å². The van der Waals surface area contributed by atoms with Crippen molar-refractivity contribution in [2.75, 3.05) is 39.5 Å². The number of carbonyl (C=O) groups is 12. The Kier molecular flexibility index (Phi) is 32.4. The van der Waals surface area contributed by atoms with Crippen LogP contribution in [-0.2, 0) is 121 Å². The van der Waals surface area contributed by atoms with Gasteiger partial charge < -0.3 is 59.1 Å². The van der Waals surface area contributed by atoms with Crippen LogP contribution in [0.2, 0.25) is 0 Å². The molecule has 150 heavy (non-hydrogen) atoms. The normalized spacial score (nSPS) is 29.5. The quantitative estimate of drug-likeness (QED) is 0.0221. The molecule has 6 aromatic rings. The average molecular weight is 2120 g/mol. The van der Waals surface area contributed by atoms with Crippen molar-refractivity contribution in [2.45, 2.75) is 346 Å². The van der Waals surface area contributed by atoms with Crippen molar-refractivity contribution in [3.05, 3.63) is 121 Å². The minimum atomic E-state index is -3.86. The molecule has 12 bridgehead atoms. The largest absolute Gasteiger partial charge is 0.472 e. The van der Waals surface area contributed by atoms with Crippen LogP contribution in [0.15, 0.2) is 104 Å². The lowest BCUT2D eigenvalue weighted by Gasteiger charge is -2.34. The number of carbonyl (C=O) groups excluding carboxylic acids is 12. The van der Waals surface area contributed by atoms with Gasteiger partial charge in [-0.1, -0.05) is 114 Å². The number of rotatable bonds is 21. The fourth-order valence-electron chi connectivity index (χ4n) is 24.7. The van der Waals surface area contributed by atoms with Gasteiger partial charge in [0.05, 0.1) is 92.2 Å². The smallest absolute Gasteiger partial charge is 0.306 e. The molecule has 9 heterocycles. The van der Waals surface area contributed by atoms with Gasteiger partial charge in [0, 0.05) is 59.9 Å². The Bertz CT molecular complexity index is 6520. The molecule has 6 N–H and O–H groups in total. The van der Waals surface area contributed by atoms with Crippen molar-refractivity contribution in [2.24, 2.45) is 53.3 Å². The summed E-state index contributed by atoms with van der Waals surface area (Å²) in [7, 11) is -11.5. The van der Waals surface area contributed by atoms with E-state index in [2.05, 4.69) is 88.0 Å². The number of sulfonamides is 3. The van der Waals surface area contributed by atoms with Gasteiger partial charge in [-0.2, -0.15) is 0 Å². The number of benzene rings is 3. The van der Waals surface area contributed by atoms with Crippen LogP contribution in [0.25, 0.3) is 32.3 Å². The number of nitrogens with zero attached hydrogens (tertiary/aromatic N) is 6. The topological polar surface area (TPSA) is 483 Å². The molecule has 39 heteroatoms. The van der Waals surface area contributed by atoms with Gasteiger partial charge in [-0.3, -0.25) is 71.7 Å². The molecular weight excluding hydrogens is 1980 g/mol. The minimum Gasteiger partial charge on any atom is -0.472 e. The van der Waals surface area contributed by atoms with Crippen LogP contribution in [0.5, 0.6) is 17.6 Å². The van der Waals surface area contributed by atoms with Gasteiger partial charge >= 0.3 is 17.9 Å². The number of amides is 9. The molecule has 21 rings (SSSR count). The van der Waals surface area contributed by atoms with Crippen LogP contribution in [0.1, 0.15) is 275 Å². The van der Waals surface area contributed by atoms with E-state index in [0.29, 0.717) is 94.9 Å². The summed E-state index contributed by atoms with van der Waals surface area (Å²) in [5.41, 5.74) is -0.891. The van der Waals surface area contributed by atoms with Gasteiger partial charge in [0.15, 0.2) is 0 Å². The molecule has 3 aromatic carbocycles. The Labute approximate surface area is 876 Å². The van der Waals surface area contributed by atoms with Crippen LogP contribution >= 0.6 is 0 Å². The molecule has 3 saturated heterocycles. The number of ether oxygens (including phenoxy) is 6. The Hall–Kier alpha value is -11.5. The molecule has 0 unspecified atom stereocenters. The molecule has 3 aromatic heterocycles. The second kappa shape index (κ2) is 45.4. The molecule has 0 spiro atoms. The fourth-order valence-corrected chi connectivity index (χ4v) is 28.8. The maximum Gasteiger partial charge on any atom is 0.306 e. The van der Waals surface area contributed by atoms with Crippen molar-refractivity contribution in [3.63, 3.8) is 0 Å². The summed E-state index contributed by atoms with van der Waals surface area (Å²) in [5, 5.41) is 12.3. The molecule has 0 radical (unpaired) electrons. The molecule has 9 aliphatic carbocycles.